The molecule has 3 unspecified atom stereocenters. The number of nitrogens with one attached hydrogen (secondary N) is 2. The fourth-order valence-corrected chi connectivity index (χ4v) is 4.18. The van der Waals surface area contributed by atoms with Crippen LogP contribution in [-0.2, 0) is 9.53 Å². The second-order valence-corrected chi connectivity index (χ2v) is 8.68. The highest BCUT2D eigenvalue weighted by molar-refractivity contribution is 5.98. The van der Waals surface area contributed by atoms with Crippen LogP contribution in [0.25, 0.3) is 0 Å². The van der Waals surface area contributed by atoms with Gasteiger partial charge in [0.25, 0.3) is 5.91 Å². The van der Waals surface area contributed by atoms with Crippen LogP contribution in [0.1, 0.15) is 40.9 Å². The molecule has 2 fully saturated rings. The lowest BCUT2D eigenvalue weighted by atomic mass is 10.0. The van der Waals surface area contributed by atoms with Crippen LogP contribution in [0.5, 0.6) is 0 Å². The highest BCUT2D eigenvalue weighted by atomic mass is 16.5. The Morgan fingerprint density at radius 3 is 2.58 bits per heavy atom. The summed E-state index contributed by atoms with van der Waals surface area (Å²) >= 11 is 0. The monoisotopic (exact) mass is 421 g/mol. The molecular formula is C25H31N3O3. The Bertz CT molecular complexity index is 939. The van der Waals surface area contributed by atoms with Crippen molar-refractivity contribution in [3.63, 3.8) is 0 Å². The quantitative estimate of drug-likeness (QED) is 0.719. The van der Waals surface area contributed by atoms with Gasteiger partial charge in [-0.3, -0.25) is 14.5 Å². The molecule has 1 saturated carbocycles. The highest BCUT2D eigenvalue weighted by Gasteiger charge is 2.39. The van der Waals surface area contributed by atoms with E-state index in [-0.39, 0.29) is 23.8 Å². The van der Waals surface area contributed by atoms with Gasteiger partial charge >= 0.3 is 0 Å². The standard InChI is InChI=1S/C25H31N3O3/c1-17-5-3-6-19(13-17)23(28-9-11-31-12-10-28)16-26-24(29)20-7-4-8-21(15-20)27-25(30)22-14-18(22)2/h3-8,13,15,18,22-23H,9-12,14,16H2,1-2H3,(H,26,29)(H,27,30). The van der Waals surface area contributed by atoms with Crippen molar-refractivity contribution in [2.24, 2.45) is 11.8 Å². The molecule has 1 aliphatic carbocycles. The first-order valence-corrected chi connectivity index (χ1v) is 11.1. The fraction of sp³-hybridized carbons (Fsp3) is 0.440. The van der Waals surface area contributed by atoms with E-state index in [1.54, 1.807) is 18.2 Å². The number of hydrogen-bond donors (Lipinski definition) is 2. The lowest BCUT2D eigenvalue weighted by Gasteiger charge is -2.35. The molecule has 164 valence electrons. The number of carbonyl (C=O) groups is 2. The summed E-state index contributed by atoms with van der Waals surface area (Å²) in [4.78, 5) is 27.5. The molecule has 31 heavy (non-hydrogen) atoms. The van der Waals surface area contributed by atoms with Crippen molar-refractivity contribution in [1.82, 2.24) is 10.2 Å². The van der Waals surface area contributed by atoms with Crippen LogP contribution in [0.4, 0.5) is 5.69 Å². The maximum Gasteiger partial charge on any atom is 0.251 e. The average Bonchev–Trinajstić information content (AvgIpc) is 3.51. The third-order valence-corrected chi connectivity index (χ3v) is 6.21. The van der Waals surface area contributed by atoms with Crippen LogP contribution in [0.3, 0.4) is 0 Å². The Balaban J connectivity index is 1.42. The maximum absolute atomic E-state index is 12.9. The Morgan fingerprint density at radius 2 is 1.87 bits per heavy atom. The van der Waals surface area contributed by atoms with Crippen LogP contribution in [0.2, 0.25) is 0 Å². The molecule has 1 aliphatic heterocycles. The van der Waals surface area contributed by atoms with E-state index >= 15 is 0 Å². The summed E-state index contributed by atoms with van der Waals surface area (Å²) in [5, 5.41) is 6.04. The number of nitrogens with zero attached hydrogens (tertiary/aromatic N) is 1. The van der Waals surface area contributed by atoms with Gasteiger partial charge in [-0.05, 0) is 43.0 Å². The lowest BCUT2D eigenvalue weighted by molar-refractivity contribution is -0.117. The van der Waals surface area contributed by atoms with E-state index in [1.807, 2.05) is 6.07 Å². The van der Waals surface area contributed by atoms with Gasteiger partial charge in [0, 0.05) is 36.8 Å². The van der Waals surface area contributed by atoms with Gasteiger partial charge < -0.3 is 15.4 Å². The molecule has 2 aromatic carbocycles. The van der Waals surface area contributed by atoms with Crippen molar-refractivity contribution < 1.29 is 14.3 Å². The first kappa shape index (κ1) is 21.5. The zero-order valence-electron chi connectivity index (χ0n) is 18.3. The number of anilines is 1. The molecule has 2 aliphatic rings. The van der Waals surface area contributed by atoms with Crippen LogP contribution < -0.4 is 10.6 Å². The molecule has 0 aromatic heterocycles. The molecule has 4 rings (SSSR count). The second-order valence-electron chi connectivity index (χ2n) is 8.68. The normalized spacial score (nSPS) is 21.9. The molecular weight excluding hydrogens is 390 g/mol. The maximum atomic E-state index is 12.9. The molecule has 2 aromatic rings. The molecule has 2 N–H and O–H groups in total. The zero-order valence-corrected chi connectivity index (χ0v) is 18.3. The number of amides is 2. The SMILES string of the molecule is Cc1cccc(C(CNC(=O)c2cccc(NC(=O)C3CC3C)c2)N2CCOCC2)c1. The van der Waals surface area contributed by atoms with E-state index in [4.69, 9.17) is 4.74 Å². The predicted molar refractivity (Wildman–Crippen MR) is 121 cm³/mol. The molecule has 6 heteroatoms. The first-order valence-electron chi connectivity index (χ1n) is 11.1. The Morgan fingerprint density at radius 1 is 1.13 bits per heavy atom. The van der Waals surface area contributed by atoms with Crippen molar-refractivity contribution in [1.29, 1.82) is 0 Å². The van der Waals surface area contributed by atoms with Crippen LogP contribution in [0.15, 0.2) is 48.5 Å². The number of hydrogen-bond acceptors (Lipinski definition) is 4. The van der Waals surface area contributed by atoms with Gasteiger partial charge in [0.1, 0.15) is 0 Å². The van der Waals surface area contributed by atoms with Gasteiger partial charge in [-0.15, -0.1) is 0 Å². The summed E-state index contributed by atoms with van der Waals surface area (Å²) in [7, 11) is 0. The summed E-state index contributed by atoms with van der Waals surface area (Å²) in [5.74, 6) is 0.449. The minimum absolute atomic E-state index is 0.0388. The van der Waals surface area contributed by atoms with Gasteiger partial charge in [-0.25, -0.2) is 0 Å². The molecule has 2 amide bonds. The second kappa shape index (κ2) is 9.62. The number of ether oxygens (including phenoxy) is 1. The third kappa shape index (κ3) is 5.51. The van der Waals surface area contributed by atoms with E-state index in [0.717, 1.165) is 19.5 Å². The van der Waals surface area contributed by atoms with Crippen LogP contribution in [0, 0.1) is 18.8 Å². The number of rotatable bonds is 7. The molecule has 6 nitrogen and oxygen atoms in total. The molecule has 0 bridgehead atoms. The number of carbonyl (C=O) groups excluding carboxylic acids is 2. The fourth-order valence-electron chi connectivity index (χ4n) is 4.18. The van der Waals surface area contributed by atoms with Gasteiger partial charge in [0.15, 0.2) is 0 Å². The topological polar surface area (TPSA) is 70.7 Å². The Kier molecular flexibility index (Phi) is 6.68. The minimum atomic E-state index is -0.137. The summed E-state index contributed by atoms with van der Waals surface area (Å²) in [6, 6.07) is 15.7. The first-order chi connectivity index (χ1) is 15.0. The molecule has 3 atom stereocenters. The lowest BCUT2D eigenvalue weighted by Crippen LogP contribution is -2.43. The minimum Gasteiger partial charge on any atom is -0.379 e. The van der Waals surface area contributed by atoms with Crippen molar-refractivity contribution >= 4 is 17.5 Å². The van der Waals surface area contributed by atoms with E-state index in [1.165, 1.54) is 11.1 Å². The van der Waals surface area contributed by atoms with Crippen molar-refractivity contribution in [3.8, 4) is 0 Å². The van der Waals surface area contributed by atoms with Crippen molar-refractivity contribution in [2.75, 3.05) is 38.2 Å². The summed E-state index contributed by atoms with van der Waals surface area (Å²) in [6.07, 6.45) is 0.938. The summed E-state index contributed by atoms with van der Waals surface area (Å²) in [5.41, 5.74) is 3.61. The third-order valence-electron chi connectivity index (χ3n) is 6.21. The molecule has 0 radical (unpaired) electrons. The van der Waals surface area contributed by atoms with Gasteiger partial charge in [0.05, 0.1) is 19.3 Å². The largest absolute Gasteiger partial charge is 0.379 e. The van der Waals surface area contributed by atoms with E-state index < -0.39 is 0 Å². The molecule has 0 spiro atoms. The zero-order chi connectivity index (χ0) is 21.8. The van der Waals surface area contributed by atoms with Crippen molar-refractivity contribution in [2.45, 2.75) is 26.3 Å². The van der Waals surface area contributed by atoms with E-state index in [9.17, 15) is 9.59 Å². The summed E-state index contributed by atoms with van der Waals surface area (Å²) < 4.78 is 5.51. The predicted octanol–water partition coefficient (Wildman–Crippen LogP) is 3.39. The smallest absolute Gasteiger partial charge is 0.251 e. The van der Waals surface area contributed by atoms with Crippen LogP contribution in [-0.4, -0.2) is 49.6 Å². The Hall–Kier alpha value is -2.70. The van der Waals surface area contributed by atoms with E-state index in [2.05, 4.69) is 53.6 Å². The van der Waals surface area contributed by atoms with E-state index in [0.29, 0.717) is 36.9 Å². The number of morpholine rings is 1. The average molecular weight is 422 g/mol. The Labute approximate surface area is 184 Å². The van der Waals surface area contributed by atoms with Gasteiger partial charge in [-0.1, -0.05) is 42.8 Å². The van der Waals surface area contributed by atoms with Crippen LogP contribution >= 0.6 is 0 Å². The highest BCUT2D eigenvalue weighted by Crippen LogP contribution is 2.38. The van der Waals surface area contributed by atoms with Crippen molar-refractivity contribution in [3.05, 3.63) is 65.2 Å². The number of benzene rings is 2. The van der Waals surface area contributed by atoms with Gasteiger partial charge in [0.2, 0.25) is 5.91 Å². The number of aryl methyl sites for hydroxylation is 1. The molecule has 1 saturated heterocycles. The molecule has 1 heterocycles. The van der Waals surface area contributed by atoms with Gasteiger partial charge in [-0.2, -0.15) is 0 Å². The summed E-state index contributed by atoms with van der Waals surface area (Å²) in [6.45, 7) is 7.77.